The highest BCUT2D eigenvalue weighted by molar-refractivity contribution is 6.04. The molecule has 1 aromatic heterocycles. The first-order chi connectivity index (χ1) is 13.5. The van der Waals surface area contributed by atoms with E-state index in [1.54, 1.807) is 0 Å². The van der Waals surface area contributed by atoms with Gasteiger partial charge in [0.15, 0.2) is 0 Å². The van der Waals surface area contributed by atoms with Gasteiger partial charge in [-0.05, 0) is 50.3 Å². The third kappa shape index (κ3) is 2.99. The number of fused-ring (bicyclic) bond motifs is 2. The minimum Gasteiger partial charge on any atom is -0.350 e. The first-order valence-corrected chi connectivity index (χ1v) is 10.1. The van der Waals surface area contributed by atoms with E-state index < -0.39 is 0 Å². The summed E-state index contributed by atoms with van der Waals surface area (Å²) in [5, 5.41) is 9.91. The lowest BCUT2D eigenvalue weighted by Crippen LogP contribution is -2.43. The average Bonchev–Trinajstić information content (AvgIpc) is 3.37. The summed E-state index contributed by atoms with van der Waals surface area (Å²) in [7, 11) is 0. The molecule has 5 N–H and O–H groups in total. The number of nitrogens with zero attached hydrogens (tertiary/aromatic N) is 2. The third-order valence-electron chi connectivity index (χ3n) is 6.11. The Kier molecular flexibility index (Phi) is 4.01. The Labute approximate surface area is 164 Å². The Morgan fingerprint density at radius 1 is 1.21 bits per heavy atom. The largest absolute Gasteiger partial charge is 0.350 e. The van der Waals surface area contributed by atoms with Crippen molar-refractivity contribution in [2.24, 2.45) is 5.73 Å². The fourth-order valence-corrected chi connectivity index (χ4v) is 4.37. The van der Waals surface area contributed by atoms with Gasteiger partial charge >= 0.3 is 0 Å². The Morgan fingerprint density at radius 2 is 2.04 bits per heavy atom. The number of carbonyl (C=O) groups excluding carboxylic acids is 1. The summed E-state index contributed by atoms with van der Waals surface area (Å²) in [6.07, 6.45) is 6.22. The maximum absolute atomic E-state index is 12.7. The van der Waals surface area contributed by atoms with Gasteiger partial charge in [0.2, 0.25) is 5.95 Å². The van der Waals surface area contributed by atoms with Crippen molar-refractivity contribution >= 4 is 23.4 Å². The van der Waals surface area contributed by atoms with Crippen molar-refractivity contribution in [3.05, 3.63) is 41.1 Å². The molecule has 146 valence electrons. The van der Waals surface area contributed by atoms with Crippen molar-refractivity contribution in [3.63, 3.8) is 0 Å². The van der Waals surface area contributed by atoms with Gasteiger partial charge in [-0.25, -0.2) is 4.98 Å². The number of hydrogen-bond acceptors (Lipinski definition) is 6. The normalized spacial score (nSPS) is 24.6. The van der Waals surface area contributed by atoms with Crippen LogP contribution in [0.3, 0.4) is 0 Å². The molecule has 1 amide bonds. The maximum Gasteiger partial charge on any atom is 0.257 e. The van der Waals surface area contributed by atoms with Crippen LogP contribution in [0.1, 0.15) is 60.1 Å². The van der Waals surface area contributed by atoms with E-state index in [1.807, 2.05) is 31.2 Å². The van der Waals surface area contributed by atoms with Crippen LogP contribution in [0, 0.1) is 6.92 Å². The number of carbonyl (C=O) groups is 1. The van der Waals surface area contributed by atoms with Crippen LogP contribution < -0.4 is 21.7 Å². The van der Waals surface area contributed by atoms with Gasteiger partial charge in [0, 0.05) is 17.8 Å². The monoisotopic (exact) mass is 378 g/mol. The van der Waals surface area contributed by atoms with Gasteiger partial charge in [-0.1, -0.05) is 25.0 Å². The molecule has 7 nitrogen and oxygen atoms in total. The van der Waals surface area contributed by atoms with Crippen molar-refractivity contribution in [2.75, 3.05) is 10.6 Å². The highest BCUT2D eigenvalue weighted by Gasteiger charge is 2.55. The highest BCUT2D eigenvalue weighted by Crippen LogP contribution is 2.51. The quantitative estimate of drug-likeness (QED) is 0.652. The number of benzene rings is 1. The zero-order chi connectivity index (χ0) is 19.3. The van der Waals surface area contributed by atoms with Crippen LogP contribution in [-0.4, -0.2) is 28.0 Å². The van der Waals surface area contributed by atoms with Gasteiger partial charge in [-0.2, -0.15) is 4.98 Å². The summed E-state index contributed by atoms with van der Waals surface area (Å²) < 4.78 is 0. The molecule has 0 saturated heterocycles. The number of hydrogen-bond donors (Lipinski definition) is 4. The lowest BCUT2D eigenvalue weighted by Gasteiger charge is -2.29. The molecule has 28 heavy (non-hydrogen) atoms. The Balaban J connectivity index is 1.53. The number of aryl methyl sites for hydroxylation is 1. The van der Waals surface area contributed by atoms with Crippen molar-refractivity contribution in [1.82, 2.24) is 15.3 Å². The molecule has 7 heteroatoms. The highest BCUT2D eigenvalue weighted by atomic mass is 16.2. The molecule has 2 fully saturated rings. The average molecular weight is 378 g/mol. The standard InChI is InChI=1S/C21H26N6O/c1-12-5-4-6-13(11-12)23-18-16-17(21(9-10-21)27-19(16)28)25-20(26-18)24-15-8-3-2-7-14(15)22/h4-6,11,14-15H,2-3,7-10,22H2,1H3,(H,27,28)(H2,23,24,25,26)/t14-,15+/m0/s1. The maximum atomic E-state index is 12.7. The molecule has 2 aromatic rings. The van der Waals surface area contributed by atoms with Crippen LogP contribution in [0.4, 0.5) is 17.5 Å². The van der Waals surface area contributed by atoms with Crippen LogP contribution in [0.2, 0.25) is 0 Å². The number of nitrogens with two attached hydrogens (primary N) is 1. The fourth-order valence-electron chi connectivity index (χ4n) is 4.37. The van der Waals surface area contributed by atoms with E-state index in [4.69, 9.17) is 15.7 Å². The summed E-state index contributed by atoms with van der Waals surface area (Å²) in [6, 6.07) is 8.32. The van der Waals surface area contributed by atoms with E-state index in [0.29, 0.717) is 17.3 Å². The van der Waals surface area contributed by atoms with Crippen LogP contribution >= 0.6 is 0 Å². The van der Waals surface area contributed by atoms with Crippen molar-refractivity contribution in [2.45, 2.75) is 63.1 Å². The van der Waals surface area contributed by atoms with Crippen molar-refractivity contribution in [1.29, 1.82) is 0 Å². The van der Waals surface area contributed by atoms with E-state index in [9.17, 15) is 4.79 Å². The van der Waals surface area contributed by atoms with E-state index >= 15 is 0 Å². The van der Waals surface area contributed by atoms with Gasteiger partial charge in [0.05, 0.1) is 11.2 Å². The molecule has 1 aliphatic heterocycles. The van der Waals surface area contributed by atoms with Gasteiger partial charge < -0.3 is 21.7 Å². The van der Waals surface area contributed by atoms with Crippen LogP contribution in [0.25, 0.3) is 0 Å². The number of anilines is 3. The minimum absolute atomic E-state index is 0.0939. The summed E-state index contributed by atoms with van der Waals surface area (Å²) in [5.41, 5.74) is 9.44. The van der Waals surface area contributed by atoms with E-state index in [-0.39, 0.29) is 23.5 Å². The number of rotatable bonds is 4. The smallest absolute Gasteiger partial charge is 0.257 e. The van der Waals surface area contributed by atoms with Gasteiger partial charge in [0.25, 0.3) is 5.91 Å². The summed E-state index contributed by atoms with van der Waals surface area (Å²) in [5.74, 6) is 1.02. The second kappa shape index (κ2) is 6.44. The van der Waals surface area contributed by atoms with E-state index in [1.165, 1.54) is 6.42 Å². The minimum atomic E-state index is -0.302. The zero-order valence-electron chi connectivity index (χ0n) is 16.1. The zero-order valence-corrected chi connectivity index (χ0v) is 16.1. The molecule has 0 unspecified atom stereocenters. The molecule has 1 spiro atoms. The summed E-state index contributed by atoms with van der Waals surface area (Å²) in [4.78, 5) is 22.1. The van der Waals surface area contributed by atoms with Gasteiger partial charge in [-0.3, -0.25) is 4.79 Å². The molecule has 2 atom stereocenters. The molecule has 0 bridgehead atoms. The predicted molar refractivity (Wildman–Crippen MR) is 109 cm³/mol. The Morgan fingerprint density at radius 3 is 2.79 bits per heavy atom. The van der Waals surface area contributed by atoms with Gasteiger partial charge in [-0.15, -0.1) is 0 Å². The molecule has 5 rings (SSSR count). The van der Waals surface area contributed by atoms with Crippen LogP contribution in [0.15, 0.2) is 24.3 Å². The number of aromatic nitrogens is 2. The molecule has 3 aliphatic rings. The van der Waals surface area contributed by atoms with Gasteiger partial charge in [0.1, 0.15) is 11.4 Å². The summed E-state index contributed by atoms with van der Waals surface area (Å²) >= 11 is 0. The molecular weight excluding hydrogens is 352 g/mol. The van der Waals surface area contributed by atoms with Crippen molar-refractivity contribution in [3.8, 4) is 0 Å². The van der Waals surface area contributed by atoms with Crippen LogP contribution in [-0.2, 0) is 5.54 Å². The molecular formula is C21H26N6O. The second-order valence-corrected chi connectivity index (χ2v) is 8.35. The van der Waals surface area contributed by atoms with E-state index in [2.05, 4.69) is 16.0 Å². The second-order valence-electron chi connectivity index (χ2n) is 8.35. The third-order valence-corrected chi connectivity index (χ3v) is 6.11. The van der Waals surface area contributed by atoms with E-state index in [0.717, 1.165) is 49.0 Å². The predicted octanol–water partition coefficient (Wildman–Crippen LogP) is 2.94. The van der Waals surface area contributed by atoms with Crippen LogP contribution in [0.5, 0.6) is 0 Å². The fraction of sp³-hybridized carbons (Fsp3) is 0.476. The number of nitrogens with one attached hydrogen (secondary N) is 3. The lowest BCUT2D eigenvalue weighted by molar-refractivity contribution is 0.0953. The molecule has 2 aliphatic carbocycles. The molecule has 1 aromatic carbocycles. The molecule has 2 saturated carbocycles. The Hall–Kier alpha value is -2.67. The SMILES string of the molecule is Cc1cccc(Nc2nc(N[C@@H]3CCCC[C@@H]3N)nc3c2C(=O)NC32CC2)c1. The molecule has 2 heterocycles. The first-order valence-electron chi connectivity index (χ1n) is 10.1. The first kappa shape index (κ1) is 17.4. The summed E-state index contributed by atoms with van der Waals surface area (Å²) in [6.45, 7) is 2.04. The molecule has 0 radical (unpaired) electrons. The van der Waals surface area contributed by atoms with Crippen molar-refractivity contribution < 1.29 is 4.79 Å². The topological polar surface area (TPSA) is 105 Å². The lowest BCUT2D eigenvalue weighted by atomic mass is 9.91. The number of amides is 1. The Bertz CT molecular complexity index is 938.